The lowest BCUT2D eigenvalue weighted by Gasteiger charge is -2.64. The topological polar surface area (TPSA) is 186 Å². The van der Waals surface area contributed by atoms with E-state index in [0.717, 1.165) is 19.4 Å². The molecular formula is C37H59NO11. The number of carbonyl (C=O) groups excluding carboxylic acids is 2. The number of esters is 2. The van der Waals surface area contributed by atoms with Gasteiger partial charge in [-0.05, 0) is 83.0 Å². The molecule has 0 amide bonds. The fourth-order valence-electron chi connectivity index (χ4n) is 12.5. The van der Waals surface area contributed by atoms with Crippen LogP contribution in [0.4, 0.5) is 0 Å². The number of hydrogen-bond donors (Lipinski definition) is 6. The van der Waals surface area contributed by atoms with Gasteiger partial charge >= 0.3 is 11.9 Å². The van der Waals surface area contributed by atoms with Gasteiger partial charge in [-0.2, -0.15) is 0 Å². The van der Waals surface area contributed by atoms with Crippen LogP contribution < -0.4 is 0 Å². The van der Waals surface area contributed by atoms with Crippen molar-refractivity contribution in [1.82, 2.24) is 4.90 Å². The van der Waals surface area contributed by atoms with E-state index in [1.807, 2.05) is 13.8 Å². The number of ether oxygens (including phenoxy) is 3. The van der Waals surface area contributed by atoms with E-state index in [9.17, 15) is 40.2 Å². The summed E-state index contributed by atoms with van der Waals surface area (Å²) >= 11 is 0. The zero-order valence-electron chi connectivity index (χ0n) is 30.2. The van der Waals surface area contributed by atoms with E-state index < -0.39 is 99.6 Å². The molecule has 0 radical (unpaired) electrons. The number of aliphatic hydroxyl groups excluding tert-OH is 2. The SMILES string of the molecule is CCC(C)C(=O)O[C@H]1CC[C@@]2(C)[C@@H]3C[C@@H](O)[C@H]4[C@@]5(O)[C@@H](C[C@@]42O[C@]13O)[C@@H]1CN2C[C@@H](C)CC[C@H]2[C@@](C)(O)[C@H]1[C@@H](O)[C@@H]5OC(=O)C(C)(O)CC. The highest BCUT2D eigenvalue weighted by Gasteiger charge is 2.87. The Morgan fingerprint density at radius 2 is 1.76 bits per heavy atom. The van der Waals surface area contributed by atoms with Gasteiger partial charge in [0.25, 0.3) is 0 Å². The van der Waals surface area contributed by atoms with Gasteiger partial charge in [-0.3, -0.25) is 9.69 Å². The van der Waals surface area contributed by atoms with Gasteiger partial charge in [-0.15, -0.1) is 0 Å². The molecule has 0 aromatic rings. The lowest BCUT2D eigenvalue weighted by molar-refractivity contribution is -0.301. The van der Waals surface area contributed by atoms with Crippen molar-refractivity contribution in [2.24, 2.45) is 46.8 Å². The highest BCUT2D eigenvalue weighted by atomic mass is 16.7. The molecule has 7 rings (SSSR count). The maximum absolute atomic E-state index is 13.6. The number of hydrogen-bond acceptors (Lipinski definition) is 12. The van der Waals surface area contributed by atoms with Crippen LogP contribution in [0.3, 0.4) is 0 Å². The molecule has 7 fully saturated rings. The molecule has 1 spiro atoms. The largest absolute Gasteiger partial charge is 0.456 e. The summed E-state index contributed by atoms with van der Waals surface area (Å²) in [6.07, 6.45) is -2.08. The van der Waals surface area contributed by atoms with Crippen LogP contribution in [0, 0.1) is 46.8 Å². The fraction of sp³-hybridized carbons (Fsp3) is 0.946. The molecule has 4 saturated carbocycles. The van der Waals surface area contributed by atoms with Crippen molar-refractivity contribution in [3.8, 4) is 0 Å². The van der Waals surface area contributed by atoms with Crippen LogP contribution in [0.5, 0.6) is 0 Å². The number of carbonyl (C=O) groups is 2. The van der Waals surface area contributed by atoms with Crippen molar-refractivity contribution in [3.63, 3.8) is 0 Å². The minimum Gasteiger partial charge on any atom is -0.456 e. The average Bonchev–Trinajstić information content (AvgIpc) is 3.31. The van der Waals surface area contributed by atoms with Crippen LogP contribution >= 0.6 is 0 Å². The minimum absolute atomic E-state index is 0.0259. The van der Waals surface area contributed by atoms with E-state index >= 15 is 0 Å². The Kier molecular flexibility index (Phi) is 8.31. The predicted octanol–water partition coefficient (Wildman–Crippen LogP) is 1.49. The normalized spacial score (nSPS) is 54.8. The van der Waals surface area contributed by atoms with Gasteiger partial charge in [0.05, 0.1) is 29.3 Å². The summed E-state index contributed by atoms with van der Waals surface area (Å²) in [6, 6.07) is -0.251. The van der Waals surface area contributed by atoms with Crippen molar-refractivity contribution in [2.75, 3.05) is 13.1 Å². The van der Waals surface area contributed by atoms with Crippen LogP contribution in [0.25, 0.3) is 0 Å². The number of rotatable bonds is 6. The molecule has 49 heavy (non-hydrogen) atoms. The molecule has 278 valence electrons. The molecule has 7 aliphatic rings. The van der Waals surface area contributed by atoms with Crippen LogP contribution in [0.15, 0.2) is 0 Å². The van der Waals surface area contributed by atoms with Crippen LogP contribution in [-0.4, -0.2) is 119 Å². The molecule has 6 N–H and O–H groups in total. The second-order valence-corrected chi connectivity index (χ2v) is 18.0. The maximum atomic E-state index is 13.6. The first-order valence-electron chi connectivity index (χ1n) is 18.9. The average molecular weight is 694 g/mol. The van der Waals surface area contributed by atoms with Crippen LogP contribution in [0.1, 0.15) is 99.8 Å². The fourth-order valence-corrected chi connectivity index (χ4v) is 12.5. The lowest BCUT2D eigenvalue weighted by Crippen LogP contribution is -2.77. The maximum Gasteiger partial charge on any atom is 0.338 e. The molecule has 2 unspecified atom stereocenters. The van der Waals surface area contributed by atoms with E-state index in [0.29, 0.717) is 31.7 Å². The van der Waals surface area contributed by atoms with Gasteiger partial charge in [0.2, 0.25) is 5.79 Å². The summed E-state index contributed by atoms with van der Waals surface area (Å²) in [5.74, 6) is -7.09. The van der Waals surface area contributed by atoms with Gasteiger partial charge in [0.15, 0.2) is 17.8 Å². The number of nitrogens with zero attached hydrogens (tertiary/aromatic N) is 1. The molecule has 18 atom stereocenters. The van der Waals surface area contributed by atoms with Gasteiger partial charge < -0.3 is 44.8 Å². The molecule has 0 aromatic carbocycles. The summed E-state index contributed by atoms with van der Waals surface area (Å²) in [5, 5.41) is 73.7. The summed E-state index contributed by atoms with van der Waals surface area (Å²) in [5.41, 5.74) is -7.49. The predicted molar refractivity (Wildman–Crippen MR) is 174 cm³/mol. The molecular weight excluding hydrogens is 634 g/mol. The molecule has 0 aromatic heterocycles. The quantitative estimate of drug-likeness (QED) is 0.221. The van der Waals surface area contributed by atoms with E-state index in [2.05, 4.69) is 11.8 Å². The summed E-state index contributed by atoms with van der Waals surface area (Å²) < 4.78 is 18.9. The van der Waals surface area contributed by atoms with Crippen molar-refractivity contribution in [2.45, 2.75) is 158 Å². The number of fused-ring (bicyclic) bond motifs is 5. The van der Waals surface area contributed by atoms with E-state index in [1.54, 1.807) is 20.8 Å². The molecule has 3 saturated heterocycles. The molecule has 12 nitrogen and oxygen atoms in total. The monoisotopic (exact) mass is 693 g/mol. The summed E-state index contributed by atoms with van der Waals surface area (Å²) in [4.78, 5) is 28.9. The first-order valence-corrected chi connectivity index (χ1v) is 18.9. The third-order valence-electron chi connectivity index (χ3n) is 15.4. The van der Waals surface area contributed by atoms with Gasteiger partial charge in [-0.1, -0.05) is 34.6 Å². The Hall–Kier alpha value is -1.38. The summed E-state index contributed by atoms with van der Waals surface area (Å²) in [7, 11) is 0. The van der Waals surface area contributed by atoms with E-state index in [-0.39, 0.29) is 31.2 Å². The zero-order chi connectivity index (χ0) is 35.9. The number of aliphatic hydroxyl groups is 6. The zero-order valence-corrected chi connectivity index (χ0v) is 30.2. The van der Waals surface area contributed by atoms with Gasteiger partial charge in [0.1, 0.15) is 5.60 Å². The smallest absolute Gasteiger partial charge is 0.338 e. The van der Waals surface area contributed by atoms with Crippen molar-refractivity contribution in [3.05, 3.63) is 0 Å². The van der Waals surface area contributed by atoms with Crippen molar-refractivity contribution < 1.29 is 54.4 Å². The summed E-state index contributed by atoms with van der Waals surface area (Å²) in [6.45, 7) is 13.8. The molecule has 12 heteroatoms. The van der Waals surface area contributed by atoms with Gasteiger partial charge in [-0.25, -0.2) is 4.79 Å². The van der Waals surface area contributed by atoms with Crippen molar-refractivity contribution in [1.29, 1.82) is 0 Å². The second kappa shape index (κ2) is 11.3. The Balaban J connectivity index is 1.36. The molecule has 3 heterocycles. The highest BCUT2D eigenvalue weighted by Crippen LogP contribution is 2.77. The molecule has 4 aliphatic carbocycles. The standard InChI is InChI=1S/C37H59NO11/c1-8-19(4)30(41)47-25-12-13-32(5)23-14-22(39)28-35(32,49-37(23,25)46)15-21-20-17-38-16-18(3)10-11-24(38)34(7,44)26(20)27(40)29(36(21,28)45)48-31(42)33(6,43)9-2/h18-29,39-40,43-46H,8-17H2,1-7H3/t18-,19?,20-,21-,22+,23-,24-,25-,26+,27+,28+,29-,32-,33?,34+,35+,36-,37-/m0/s1. The lowest BCUT2D eigenvalue weighted by atomic mass is 9.49. The first kappa shape index (κ1) is 36.0. The van der Waals surface area contributed by atoms with Crippen molar-refractivity contribution >= 4 is 11.9 Å². The first-order chi connectivity index (χ1) is 22.7. The van der Waals surface area contributed by atoms with Crippen LogP contribution in [-0.2, 0) is 23.8 Å². The molecule has 4 bridgehead atoms. The highest BCUT2D eigenvalue weighted by molar-refractivity contribution is 5.79. The number of piperidine rings is 2. The van der Waals surface area contributed by atoms with Crippen LogP contribution in [0.2, 0.25) is 0 Å². The minimum atomic E-state index is -2.05. The van der Waals surface area contributed by atoms with E-state index in [1.165, 1.54) is 6.92 Å². The Bertz CT molecular complexity index is 1360. The third kappa shape index (κ3) is 4.56. The van der Waals surface area contributed by atoms with Gasteiger partial charge in [0, 0.05) is 42.3 Å². The molecule has 3 aliphatic heterocycles. The Labute approximate surface area is 289 Å². The third-order valence-corrected chi connectivity index (χ3v) is 15.4. The Morgan fingerprint density at radius 1 is 1.06 bits per heavy atom. The Morgan fingerprint density at radius 3 is 2.41 bits per heavy atom. The second-order valence-electron chi connectivity index (χ2n) is 18.0. The van der Waals surface area contributed by atoms with E-state index in [4.69, 9.17) is 14.2 Å².